The Hall–Kier alpha value is -2.74. The number of benzene rings is 2. The van der Waals surface area contributed by atoms with Gasteiger partial charge in [0, 0.05) is 5.56 Å². The van der Waals surface area contributed by atoms with Gasteiger partial charge in [-0.2, -0.15) is 26.3 Å². The lowest BCUT2D eigenvalue weighted by Gasteiger charge is -2.21. The van der Waals surface area contributed by atoms with Gasteiger partial charge in [0.15, 0.2) is 5.78 Å². The molecule has 0 fully saturated rings. The van der Waals surface area contributed by atoms with Crippen molar-refractivity contribution in [3.8, 4) is 0 Å². The highest BCUT2D eigenvalue weighted by molar-refractivity contribution is 7.00. The molecule has 2 rings (SSSR count). The van der Waals surface area contributed by atoms with Crippen molar-refractivity contribution >= 4 is 20.9 Å². The van der Waals surface area contributed by atoms with E-state index in [1.165, 1.54) is 39.5 Å². The van der Waals surface area contributed by atoms with E-state index in [0.29, 0.717) is 18.2 Å². The fourth-order valence-corrected chi connectivity index (χ4v) is 2.59. The Morgan fingerprint density at radius 2 is 1.28 bits per heavy atom. The maximum absolute atomic E-state index is 13.3. The zero-order valence-corrected chi connectivity index (χ0v) is 15.8. The summed E-state index contributed by atoms with van der Waals surface area (Å²) in [5.41, 5.74) is -5.24. The van der Waals surface area contributed by atoms with Gasteiger partial charge >= 0.3 is 27.4 Å². The van der Waals surface area contributed by atoms with Crippen molar-refractivity contribution in [3.05, 3.63) is 70.8 Å². The number of carbonyl (C=O) groups excluding carboxylic acids is 2. The Balaban J connectivity index is 0.00000204. The van der Waals surface area contributed by atoms with Crippen LogP contribution in [0.1, 0.15) is 33.0 Å². The van der Waals surface area contributed by atoms with Crippen LogP contribution in [0.15, 0.2) is 48.5 Å². The molecule has 2 aromatic rings. The van der Waals surface area contributed by atoms with Crippen molar-refractivity contribution in [2.45, 2.75) is 18.3 Å². The summed E-state index contributed by atoms with van der Waals surface area (Å²) in [4.78, 5) is 24.8. The molecule has 0 amide bonds. The Labute approximate surface area is 163 Å². The number of rotatable bonds is 4. The predicted molar refractivity (Wildman–Crippen MR) is 92.4 cm³/mol. The molecule has 0 saturated carbocycles. The molecule has 11 heteroatoms. The number of halogens is 6. The largest absolute Gasteiger partial charge is 0.468 e. The Kier molecular flexibility index (Phi) is 8.08. The van der Waals surface area contributed by atoms with Gasteiger partial charge in [-0.1, -0.05) is 41.0 Å². The average Bonchev–Trinajstić information content (AvgIpc) is 2.68. The molecule has 2 atom stereocenters. The zero-order valence-electron chi connectivity index (χ0n) is 14.7. The van der Waals surface area contributed by atoms with Gasteiger partial charge in [-0.05, 0) is 17.7 Å². The second kappa shape index (κ2) is 9.65. The Bertz CT molecular complexity index is 833. The van der Waals surface area contributed by atoms with Crippen molar-refractivity contribution in [1.29, 1.82) is 0 Å². The van der Waals surface area contributed by atoms with Crippen LogP contribution in [0.2, 0.25) is 0 Å². The number of carbonyl (C=O) groups is 2. The van der Waals surface area contributed by atoms with Crippen molar-refractivity contribution < 1.29 is 45.2 Å². The second-order valence-corrected chi connectivity index (χ2v) is 5.45. The molecule has 0 bridgehead atoms. The summed E-state index contributed by atoms with van der Waals surface area (Å²) in [5.74, 6) is -4.88. The molecule has 2 aromatic carbocycles. The summed E-state index contributed by atoms with van der Waals surface area (Å²) >= 11 is 0. The molecule has 0 radical (unpaired) electrons. The quantitative estimate of drug-likeness (QED) is 0.220. The summed E-state index contributed by atoms with van der Waals surface area (Å²) in [6.45, 7) is 0. The number of alkyl halides is 6. The highest BCUT2D eigenvalue weighted by atomic mass is 31.0. The number of hydrogen-bond acceptors (Lipinski definition) is 4. The number of ether oxygens (including phenoxy) is 1. The van der Waals surface area contributed by atoms with E-state index >= 15 is 0 Å². The lowest BCUT2D eigenvalue weighted by molar-refractivity contribution is -0.145. The van der Waals surface area contributed by atoms with Crippen LogP contribution in [0, 0.1) is 0 Å². The van der Waals surface area contributed by atoms with Gasteiger partial charge < -0.3 is 4.74 Å². The molecule has 0 aromatic heterocycles. The fraction of sp³-hybridized carbons (Fsp3) is 0.222. The predicted octanol–water partition coefficient (Wildman–Crippen LogP) is 5.07. The van der Waals surface area contributed by atoms with E-state index in [9.17, 15) is 35.9 Å². The number of hydrogen-bond donors (Lipinski definition) is 0. The van der Waals surface area contributed by atoms with Crippen molar-refractivity contribution in [2.24, 2.45) is 0 Å². The molecule has 0 heterocycles. The number of methoxy groups -OCH3 is 1. The molecular weight excluding hydrogens is 425 g/mol. The van der Waals surface area contributed by atoms with Crippen LogP contribution in [0.25, 0.3) is 0 Å². The first kappa shape index (κ1) is 24.3. The van der Waals surface area contributed by atoms with Crippen LogP contribution in [-0.2, 0) is 26.4 Å². The van der Waals surface area contributed by atoms with Crippen LogP contribution >= 0.6 is 9.12 Å². The Morgan fingerprint density at radius 1 is 0.828 bits per heavy atom. The van der Waals surface area contributed by atoms with Crippen LogP contribution in [0.3, 0.4) is 0 Å². The third-order valence-corrected chi connectivity index (χ3v) is 3.75. The molecule has 2 unspecified atom stereocenters. The molecule has 156 valence electrons. The summed E-state index contributed by atoms with van der Waals surface area (Å²) < 4.78 is 92.3. The van der Waals surface area contributed by atoms with E-state index in [1.54, 1.807) is 0 Å². The minimum atomic E-state index is -5.23. The van der Waals surface area contributed by atoms with Gasteiger partial charge in [0.05, 0.1) is 18.2 Å². The van der Waals surface area contributed by atoms with Gasteiger partial charge in [0.1, 0.15) is 5.92 Å². The van der Waals surface area contributed by atoms with E-state index in [2.05, 4.69) is 4.74 Å². The third-order valence-electron chi connectivity index (χ3n) is 3.75. The van der Waals surface area contributed by atoms with E-state index < -0.39 is 46.7 Å². The minimum absolute atomic E-state index is 0.0838. The van der Waals surface area contributed by atoms with Crippen molar-refractivity contribution in [1.82, 2.24) is 0 Å². The second-order valence-electron chi connectivity index (χ2n) is 5.45. The highest BCUT2D eigenvalue weighted by Crippen LogP contribution is 2.41. The zero-order chi connectivity index (χ0) is 22.4. The van der Waals surface area contributed by atoms with Crippen LogP contribution < -0.4 is 0 Å². The highest BCUT2D eigenvalue weighted by Gasteiger charge is 2.45. The first-order valence-electron chi connectivity index (χ1n) is 7.66. The molecule has 0 aliphatic carbocycles. The van der Waals surface area contributed by atoms with E-state index in [4.69, 9.17) is 4.57 Å². The standard InChI is InChI=1S/C18H12F6O3.H2OP/c1-27-16(26)13(10-6-3-2-4-7-10)15(25)14-11(17(19,20)21)8-5-9-12(14)18(22,23)24;1-2/h2-9,13H,1H3;2H2/q;+1. The van der Waals surface area contributed by atoms with Crippen LogP contribution in [0.5, 0.6) is 0 Å². The van der Waals surface area contributed by atoms with E-state index in [1.807, 2.05) is 0 Å². The molecule has 0 aliphatic rings. The smallest absolute Gasteiger partial charge is 0.417 e. The Morgan fingerprint density at radius 3 is 1.66 bits per heavy atom. The van der Waals surface area contributed by atoms with Crippen molar-refractivity contribution in [3.63, 3.8) is 0 Å². The van der Waals surface area contributed by atoms with Gasteiger partial charge in [0.2, 0.25) is 0 Å². The topological polar surface area (TPSA) is 60.4 Å². The maximum Gasteiger partial charge on any atom is 0.417 e. The summed E-state index contributed by atoms with van der Waals surface area (Å²) in [6.07, 6.45) is -10.5. The number of esters is 1. The molecule has 0 aliphatic heterocycles. The van der Waals surface area contributed by atoms with Gasteiger partial charge in [0.25, 0.3) is 0 Å². The lowest BCUT2D eigenvalue weighted by atomic mass is 9.85. The SMILES string of the molecule is COC(=O)C(C(=O)c1c(C(F)(F)F)cccc1C(F)(F)F)c1ccccc1.O=[PH2+]. The molecule has 4 nitrogen and oxygen atoms in total. The van der Waals surface area contributed by atoms with Crippen LogP contribution in [0.4, 0.5) is 26.3 Å². The summed E-state index contributed by atoms with van der Waals surface area (Å²) in [5, 5.41) is 0. The van der Waals surface area contributed by atoms with Gasteiger partial charge in [-0.25, -0.2) is 0 Å². The van der Waals surface area contributed by atoms with Crippen LogP contribution in [-0.4, -0.2) is 18.9 Å². The molecule has 29 heavy (non-hydrogen) atoms. The number of ketones is 1. The minimum Gasteiger partial charge on any atom is -0.468 e. The normalized spacial score (nSPS) is 12.4. The van der Waals surface area contributed by atoms with E-state index in [0.717, 1.165) is 7.11 Å². The first-order chi connectivity index (χ1) is 13.5. The van der Waals surface area contributed by atoms with Gasteiger partial charge in [-0.3, -0.25) is 9.59 Å². The maximum atomic E-state index is 13.3. The summed E-state index contributed by atoms with van der Waals surface area (Å²) in [7, 11) is 2.05. The molecular formula is C18H14F6O4P+. The third kappa shape index (κ3) is 5.63. The monoisotopic (exact) mass is 439 g/mol. The first-order valence-corrected chi connectivity index (χ1v) is 8.13. The van der Waals surface area contributed by atoms with Gasteiger partial charge in [-0.15, -0.1) is 0 Å². The van der Waals surface area contributed by atoms with Crippen molar-refractivity contribution in [2.75, 3.05) is 7.11 Å². The molecule has 0 spiro atoms. The van der Waals surface area contributed by atoms with E-state index in [-0.39, 0.29) is 5.56 Å². The molecule has 0 saturated heterocycles. The number of Topliss-reactive ketones (excluding diaryl/α,β-unsaturated/α-hetero) is 1. The lowest BCUT2D eigenvalue weighted by Crippen LogP contribution is -2.28. The molecule has 0 N–H and O–H groups in total. The summed E-state index contributed by atoms with van der Waals surface area (Å²) in [6, 6.07) is 8.04. The average molecular weight is 439 g/mol. The fourth-order valence-electron chi connectivity index (χ4n) is 2.59.